The second-order valence-corrected chi connectivity index (χ2v) is 5.88. The summed E-state index contributed by atoms with van der Waals surface area (Å²) < 4.78 is 1.39. The summed E-state index contributed by atoms with van der Waals surface area (Å²) in [4.78, 5) is 1.38. The molecule has 2 aromatic rings. The largest absolute Gasteiger partial charge is 0.144 e. The van der Waals surface area contributed by atoms with Crippen molar-refractivity contribution in [3.63, 3.8) is 0 Å². The maximum absolute atomic E-state index is 2.28. The molecule has 0 radical (unpaired) electrons. The fraction of sp³-hybridized carbons (Fsp3) is 0.273. The number of thiophene rings is 1. The van der Waals surface area contributed by atoms with E-state index >= 15 is 0 Å². The summed E-state index contributed by atoms with van der Waals surface area (Å²) in [6.45, 7) is 4.45. The second-order valence-electron chi connectivity index (χ2n) is 3.29. The van der Waals surface area contributed by atoms with Crippen molar-refractivity contribution in [1.29, 1.82) is 0 Å². The Labute approximate surface area is 87.0 Å². The fourth-order valence-electron chi connectivity index (χ4n) is 1.28. The van der Waals surface area contributed by atoms with Crippen LogP contribution in [0.2, 0.25) is 0 Å². The van der Waals surface area contributed by atoms with Crippen LogP contribution in [0.4, 0.5) is 0 Å². The predicted molar refractivity (Wildman–Crippen MR) is 62.8 cm³/mol. The zero-order chi connectivity index (χ0) is 9.26. The monoisotopic (exact) mass is 208 g/mol. The normalized spacial score (nSPS) is 11.3. The summed E-state index contributed by atoms with van der Waals surface area (Å²) in [7, 11) is 0. The predicted octanol–water partition coefficient (Wildman–Crippen LogP) is 4.40. The van der Waals surface area contributed by atoms with Crippen LogP contribution in [0.3, 0.4) is 0 Å². The minimum absolute atomic E-state index is 0.664. The van der Waals surface area contributed by atoms with E-state index in [0.29, 0.717) is 5.25 Å². The highest BCUT2D eigenvalue weighted by atomic mass is 32.2. The van der Waals surface area contributed by atoms with E-state index in [2.05, 4.69) is 43.5 Å². The van der Waals surface area contributed by atoms with Gasteiger partial charge < -0.3 is 0 Å². The SMILES string of the molecule is CC(C)Sc1ccc2ccsc2c1. The molecule has 2 rings (SSSR count). The van der Waals surface area contributed by atoms with Gasteiger partial charge in [0.05, 0.1) is 0 Å². The quantitative estimate of drug-likeness (QED) is 0.659. The first-order valence-corrected chi connectivity index (χ1v) is 6.15. The second kappa shape index (κ2) is 3.72. The smallest absolute Gasteiger partial charge is 0.0353 e. The topological polar surface area (TPSA) is 0 Å². The molecule has 1 heterocycles. The average molecular weight is 208 g/mol. The van der Waals surface area contributed by atoms with E-state index in [1.165, 1.54) is 15.0 Å². The van der Waals surface area contributed by atoms with Gasteiger partial charge in [0.25, 0.3) is 0 Å². The van der Waals surface area contributed by atoms with Crippen LogP contribution in [-0.2, 0) is 0 Å². The third-order valence-corrected chi connectivity index (χ3v) is 3.68. The Bertz CT molecular complexity index is 401. The van der Waals surface area contributed by atoms with Crippen LogP contribution < -0.4 is 0 Å². The molecule has 0 bridgehead atoms. The fourth-order valence-corrected chi connectivity index (χ4v) is 3.06. The van der Waals surface area contributed by atoms with Gasteiger partial charge >= 0.3 is 0 Å². The van der Waals surface area contributed by atoms with Crippen molar-refractivity contribution in [1.82, 2.24) is 0 Å². The van der Waals surface area contributed by atoms with Crippen molar-refractivity contribution in [3.05, 3.63) is 29.6 Å². The van der Waals surface area contributed by atoms with E-state index in [4.69, 9.17) is 0 Å². The molecule has 0 amide bonds. The molecule has 1 aromatic heterocycles. The number of benzene rings is 1. The van der Waals surface area contributed by atoms with Crippen molar-refractivity contribution in [2.24, 2.45) is 0 Å². The van der Waals surface area contributed by atoms with Crippen LogP contribution in [0, 0.1) is 0 Å². The highest BCUT2D eigenvalue weighted by Crippen LogP contribution is 2.29. The van der Waals surface area contributed by atoms with E-state index in [1.54, 1.807) is 0 Å². The molecule has 0 aliphatic carbocycles. The zero-order valence-electron chi connectivity index (χ0n) is 7.78. The molecule has 68 valence electrons. The van der Waals surface area contributed by atoms with Crippen molar-refractivity contribution in [2.45, 2.75) is 24.0 Å². The number of thioether (sulfide) groups is 1. The Kier molecular flexibility index (Phi) is 2.61. The van der Waals surface area contributed by atoms with Gasteiger partial charge in [0, 0.05) is 14.8 Å². The third kappa shape index (κ3) is 2.06. The Morgan fingerprint density at radius 3 is 2.85 bits per heavy atom. The summed E-state index contributed by atoms with van der Waals surface area (Å²) in [5, 5.41) is 4.17. The Hall–Kier alpha value is -0.470. The van der Waals surface area contributed by atoms with Crippen LogP contribution in [0.15, 0.2) is 34.5 Å². The van der Waals surface area contributed by atoms with Crippen LogP contribution in [0.1, 0.15) is 13.8 Å². The standard InChI is InChI=1S/C11H12S2/c1-8(2)13-10-4-3-9-5-6-12-11(9)7-10/h3-8H,1-2H3. The van der Waals surface area contributed by atoms with Crippen molar-refractivity contribution < 1.29 is 0 Å². The van der Waals surface area contributed by atoms with Crippen molar-refractivity contribution in [3.8, 4) is 0 Å². The molecular weight excluding hydrogens is 196 g/mol. The molecule has 0 N–H and O–H groups in total. The highest BCUT2D eigenvalue weighted by Gasteiger charge is 2.00. The minimum atomic E-state index is 0.664. The molecule has 13 heavy (non-hydrogen) atoms. The van der Waals surface area contributed by atoms with E-state index in [1.807, 2.05) is 23.1 Å². The molecule has 0 nitrogen and oxygen atoms in total. The van der Waals surface area contributed by atoms with E-state index in [0.717, 1.165) is 0 Å². The molecular formula is C11H12S2. The van der Waals surface area contributed by atoms with Crippen LogP contribution >= 0.6 is 23.1 Å². The van der Waals surface area contributed by atoms with Gasteiger partial charge in [-0.2, -0.15) is 0 Å². The van der Waals surface area contributed by atoms with Gasteiger partial charge in [0.1, 0.15) is 0 Å². The maximum Gasteiger partial charge on any atom is 0.0353 e. The average Bonchev–Trinajstić information content (AvgIpc) is 2.49. The van der Waals surface area contributed by atoms with Gasteiger partial charge in [-0.3, -0.25) is 0 Å². The van der Waals surface area contributed by atoms with Gasteiger partial charge in [-0.25, -0.2) is 0 Å². The van der Waals surface area contributed by atoms with Gasteiger partial charge in [-0.1, -0.05) is 19.9 Å². The van der Waals surface area contributed by atoms with Gasteiger partial charge in [0.15, 0.2) is 0 Å². The van der Waals surface area contributed by atoms with E-state index < -0.39 is 0 Å². The lowest BCUT2D eigenvalue weighted by atomic mass is 10.3. The Balaban J connectivity index is 2.37. The molecule has 0 unspecified atom stereocenters. The molecule has 0 aliphatic rings. The summed E-state index contributed by atoms with van der Waals surface area (Å²) in [6, 6.07) is 8.87. The number of fused-ring (bicyclic) bond motifs is 1. The summed E-state index contributed by atoms with van der Waals surface area (Å²) in [5.41, 5.74) is 0. The van der Waals surface area contributed by atoms with Crippen molar-refractivity contribution in [2.75, 3.05) is 0 Å². The molecule has 0 atom stereocenters. The molecule has 0 aliphatic heterocycles. The van der Waals surface area contributed by atoms with Gasteiger partial charge in [-0.05, 0) is 29.0 Å². The molecule has 0 spiro atoms. The minimum Gasteiger partial charge on any atom is -0.144 e. The Morgan fingerprint density at radius 2 is 2.08 bits per heavy atom. The van der Waals surface area contributed by atoms with Gasteiger partial charge in [0.2, 0.25) is 0 Å². The van der Waals surface area contributed by atoms with Crippen LogP contribution in [0.25, 0.3) is 10.1 Å². The lowest BCUT2D eigenvalue weighted by molar-refractivity contribution is 1.11. The van der Waals surface area contributed by atoms with Crippen molar-refractivity contribution >= 4 is 33.2 Å². The first-order chi connectivity index (χ1) is 6.25. The summed E-state index contributed by atoms with van der Waals surface area (Å²) in [6.07, 6.45) is 0. The van der Waals surface area contributed by atoms with Crippen LogP contribution in [0.5, 0.6) is 0 Å². The molecule has 0 fully saturated rings. The maximum atomic E-state index is 2.28. The zero-order valence-corrected chi connectivity index (χ0v) is 9.41. The number of hydrogen-bond donors (Lipinski definition) is 0. The highest BCUT2D eigenvalue weighted by molar-refractivity contribution is 7.99. The number of hydrogen-bond acceptors (Lipinski definition) is 2. The van der Waals surface area contributed by atoms with Gasteiger partial charge in [-0.15, -0.1) is 23.1 Å². The Morgan fingerprint density at radius 1 is 1.23 bits per heavy atom. The van der Waals surface area contributed by atoms with E-state index in [-0.39, 0.29) is 0 Å². The molecule has 1 aromatic carbocycles. The summed E-state index contributed by atoms with van der Waals surface area (Å²) in [5.74, 6) is 0. The third-order valence-electron chi connectivity index (χ3n) is 1.80. The molecule has 2 heteroatoms. The lowest BCUT2D eigenvalue weighted by Crippen LogP contribution is -1.84. The lowest BCUT2D eigenvalue weighted by Gasteiger charge is -2.03. The van der Waals surface area contributed by atoms with E-state index in [9.17, 15) is 0 Å². The molecule has 0 saturated carbocycles. The first-order valence-electron chi connectivity index (χ1n) is 4.39. The number of rotatable bonds is 2. The summed E-state index contributed by atoms with van der Waals surface area (Å²) >= 11 is 3.74. The molecule has 0 saturated heterocycles. The van der Waals surface area contributed by atoms with Crippen LogP contribution in [-0.4, -0.2) is 5.25 Å². The first kappa shape index (κ1) is 9.10.